The summed E-state index contributed by atoms with van der Waals surface area (Å²) >= 11 is 0. The molecule has 1 aromatic heterocycles. The molecular formula is C13H21NO3. The Balaban J connectivity index is 2.60. The number of hydrogen-bond acceptors (Lipinski definition) is 3. The molecule has 96 valence electrons. The first-order valence-corrected chi connectivity index (χ1v) is 6.01. The molecule has 2 N–H and O–H groups in total. The molecule has 17 heavy (non-hydrogen) atoms. The maximum Gasteiger partial charge on any atom is 0.287 e. The van der Waals surface area contributed by atoms with Crippen molar-refractivity contribution in [1.29, 1.82) is 0 Å². The summed E-state index contributed by atoms with van der Waals surface area (Å²) in [7, 11) is 0. The van der Waals surface area contributed by atoms with Crippen molar-refractivity contribution in [3.05, 3.63) is 23.2 Å². The molecule has 0 aliphatic rings. The van der Waals surface area contributed by atoms with E-state index in [1.54, 1.807) is 0 Å². The molecule has 0 aliphatic carbocycles. The highest BCUT2D eigenvalue weighted by Gasteiger charge is 2.17. The van der Waals surface area contributed by atoms with Gasteiger partial charge in [0.2, 0.25) is 0 Å². The van der Waals surface area contributed by atoms with Gasteiger partial charge in [-0.05, 0) is 18.9 Å². The number of carbonyl (C=O) groups is 1. The minimum Gasteiger partial charge on any atom is -0.456 e. The SMILES string of the molecule is CCc1cc(C)c(C(=O)NCC(O)C(C)C)o1. The van der Waals surface area contributed by atoms with Crippen molar-refractivity contribution in [2.24, 2.45) is 5.92 Å². The third-order valence-corrected chi connectivity index (χ3v) is 2.76. The maximum atomic E-state index is 11.8. The summed E-state index contributed by atoms with van der Waals surface area (Å²) in [5, 5.41) is 12.3. The predicted octanol–water partition coefficient (Wildman–Crippen LogP) is 1.90. The fraction of sp³-hybridized carbons (Fsp3) is 0.615. The predicted molar refractivity (Wildman–Crippen MR) is 66.0 cm³/mol. The van der Waals surface area contributed by atoms with Gasteiger partial charge in [-0.2, -0.15) is 0 Å². The summed E-state index contributed by atoms with van der Waals surface area (Å²) < 4.78 is 5.42. The molecule has 1 amide bonds. The average Bonchev–Trinajstić information content (AvgIpc) is 2.66. The first-order valence-electron chi connectivity index (χ1n) is 6.01. The highest BCUT2D eigenvalue weighted by molar-refractivity contribution is 5.92. The lowest BCUT2D eigenvalue weighted by atomic mass is 10.1. The number of carbonyl (C=O) groups excluding carboxylic acids is 1. The number of aliphatic hydroxyl groups excluding tert-OH is 1. The molecular weight excluding hydrogens is 218 g/mol. The summed E-state index contributed by atoms with van der Waals surface area (Å²) in [5.74, 6) is 1.01. The minimum atomic E-state index is -0.528. The van der Waals surface area contributed by atoms with Crippen molar-refractivity contribution in [2.75, 3.05) is 6.54 Å². The molecule has 0 aromatic carbocycles. The fourth-order valence-electron chi connectivity index (χ4n) is 1.46. The Morgan fingerprint density at radius 1 is 1.53 bits per heavy atom. The highest BCUT2D eigenvalue weighted by atomic mass is 16.4. The summed E-state index contributed by atoms with van der Waals surface area (Å²) in [6, 6.07) is 1.87. The summed E-state index contributed by atoms with van der Waals surface area (Å²) in [6.07, 6.45) is 0.239. The van der Waals surface area contributed by atoms with Crippen LogP contribution in [0.25, 0.3) is 0 Å². The minimum absolute atomic E-state index is 0.124. The topological polar surface area (TPSA) is 62.5 Å². The summed E-state index contributed by atoms with van der Waals surface area (Å²) in [4.78, 5) is 11.8. The molecule has 1 aromatic rings. The Labute approximate surface area is 102 Å². The monoisotopic (exact) mass is 239 g/mol. The Morgan fingerprint density at radius 2 is 2.18 bits per heavy atom. The molecule has 0 spiro atoms. The van der Waals surface area contributed by atoms with E-state index in [1.165, 1.54) is 0 Å². The Bertz CT molecular complexity index is 382. The van der Waals surface area contributed by atoms with E-state index in [1.807, 2.05) is 33.8 Å². The van der Waals surface area contributed by atoms with Gasteiger partial charge in [0.1, 0.15) is 5.76 Å². The molecule has 0 bridgehead atoms. The van der Waals surface area contributed by atoms with Crippen molar-refractivity contribution in [3.8, 4) is 0 Å². The van der Waals surface area contributed by atoms with Crippen LogP contribution in [0, 0.1) is 12.8 Å². The second kappa shape index (κ2) is 5.87. The second-order valence-electron chi connectivity index (χ2n) is 4.60. The Morgan fingerprint density at radius 3 is 2.65 bits per heavy atom. The van der Waals surface area contributed by atoms with E-state index in [-0.39, 0.29) is 18.4 Å². The van der Waals surface area contributed by atoms with E-state index in [0.717, 1.165) is 17.7 Å². The normalized spacial score (nSPS) is 12.8. The van der Waals surface area contributed by atoms with Gasteiger partial charge in [-0.25, -0.2) is 0 Å². The lowest BCUT2D eigenvalue weighted by Crippen LogP contribution is -2.34. The van der Waals surface area contributed by atoms with Crippen LogP contribution >= 0.6 is 0 Å². The van der Waals surface area contributed by atoms with Crippen molar-refractivity contribution >= 4 is 5.91 Å². The van der Waals surface area contributed by atoms with Gasteiger partial charge >= 0.3 is 0 Å². The molecule has 1 rings (SSSR count). The van der Waals surface area contributed by atoms with Crippen LogP contribution in [0.15, 0.2) is 10.5 Å². The van der Waals surface area contributed by atoms with Crippen LogP contribution in [0.2, 0.25) is 0 Å². The highest BCUT2D eigenvalue weighted by Crippen LogP contribution is 2.15. The number of amides is 1. The van der Waals surface area contributed by atoms with E-state index in [2.05, 4.69) is 5.32 Å². The zero-order valence-electron chi connectivity index (χ0n) is 10.9. The molecule has 4 heteroatoms. The average molecular weight is 239 g/mol. The van der Waals surface area contributed by atoms with Gasteiger partial charge in [0, 0.05) is 18.5 Å². The van der Waals surface area contributed by atoms with Crippen LogP contribution in [0.4, 0.5) is 0 Å². The van der Waals surface area contributed by atoms with Crippen LogP contribution in [0.1, 0.15) is 42.6 Å². The van der Waals surface area contributed by atoms with Gasteiger partial charge in [-0.15, -0.1) is 0 Å². The summed E-state index contributed by atoms with van der Waals surface area (Å²) in [5.41, 5.74) is 0.832. The molecule has 1 heterocycles. The van der Waals surface area contributed by atoms with Crippen LogP contribution < -0.4 is 5.32 Å². The lowest BCUT2D eigenvalue weighted by molar-refractivity contribution is 0.0844. The Kier molecular flexibility index (Phi) is 4.75. The first-order chi connectivity index (χ1) is 7.95. The second-order valence-corrected chi connectivity index (χ2v) is 4.60. The van der Waals surface area contributed by atoms with Crippen LogP contribution in [0.5, 0.6) is 0 Å². The van der Waals surface area contributed by atoms with Crippen molar-refractivity contribution in [3.63, 3.8) is 0 Å². The molecule has 4 nitrogen and oxygen atoms in total. The van der Waals surface area contributed by atoms with Gasteiger partial charge < -0.3 is 14.8 Å². The van der Waals surface area contributed by atoms with Gasteiger partial charge in [0.05, 0.1) is 6.10 Å². The Hall–Kier alpha value is -1.29. The van der Waals surface area contributed by atoms with Gasteiger partial charge in [0.15, 0.2) is 5.76 Å². The van der Waals surface area contributed by atoms with Gasteiger partial charge in [-0.1, -0.05) is 20.8 Å². The zero-order valence-corrected chi connectivity index (χ0v) is 10.9. The molecule has 1 atom stereocenters. The van der Waals surface area contributed by atoms with E-state index >= 15 is 0 Å². The third kappa shape index (κ3) is 3.60. The summed E-state index contributed by atoms with van der Waals surface area (Å²) in [6.45, 7) is 7.88. The van der Waals surface area contributed by atoms with Crippen LogP contribution in [-0.2, 0) is 6.42 Å². The molecule has 1 unspecified atom stereocenters. The van der Waals surface area contributed by atoms with E-state index in [9.17, 15) is 9.90 Å². The van der Waals surface area contributed by atoms with E-state index in [4.69, 9.17) is 4.42 Å². The van der Waals surface area contributed by atoms with Gasteiger partial charge in [-0.3, -0.25) is 4.79 Å². The fourth-order valence-corrected chi connectivity index (χ4v) is 1.46. The number of aliphatic hydroxyl groups is 1. The number of aryl methyl sites for hydroxylation is 2. The zero-order chi connectivity index (χ0) is 13.0. The smallest absolute Gasteiger partial charge is 0.287 e. The molecule has 0 fully saturated rings. The first kappa shape index (κ1) is 13.8. The van der Waals surface area contributed by atoms with Gasteiger partial charge in [0.25, 0.3) is 5.91 Å². The number of rotatable bonds is 5. The standard InChI is InChI=1S/C13H21NO3/c1-5-10-6-9(4)12(17-10)13(16)14-7-11(15)8(2)3/h6,8,11,15H,5,7H2,1-4H3,(H,14,16). The number of furan rings is 1. The number of hydrogen-bond donors (Lipinski definition) is 2. The third-order valence-electron chi connectivity index (χ3n) is 2.76. The largest absolute Gasteiger partial charge is 0.456 e. The van der Waals surface area contributed by atoms with Crippen LogP contribution in [0.3, 0.4) is 0 Å². The van der Waals surface area contributed by atoms with Crippen LogP contribution in [-0.4, -0.2) is 23.7 Å². The number of nitrogens with one attached hydrogen (secondary N) is 1. The quantitative estimate of drug-likeness (QED) is 0.825. The maximum absolute atomic E-state index is 11.8. The van der Waals surface area contributed by atoms with Crippen molar-refractivity contribution < 1.29 is 14.3 Å². The molecule has 0 aliphatic heterocycles. The van der Waals surface area contributed by atoms with Crippen molar-refractivity contribution in [1.82, 2.24) is 5.32 Å². The van der Waals surface area contributed by atoms with Crippen molar-refractivity contribution in [2.45, 2.75) is 40.2 Å². The lowest BCUT2D eigenvalue weighted by Gasteiger charge is -2.14. The molecule has 0 radical (unpaired) electrons. The van der Waals surface area contributed by atoms with E-state index < -0.39 is 6.10 Å². The molecule has 0 saturated heterocycles. The molecule has 0 saturated carbocycles. The van der Waals surface area contributed by atoms with E-state index in [0.29, 0.717) is 5.76 Å².